The SMILES string of the molecule is Cc1ccc(C(=O)N2CCN(C(=O)c3ccc4nc[nH]c4c3)CC2)cc1. The second-order valence-corrected chi connectivity index (χ2v) is 6.58. The van der Waals surface area contributed by atoms with Crippen molar-refractivity contribution in [3.05, 3.63) is 65.5 Å². The lowest BCUT2D eigenvalue weighted by Crippen LogP contribution is -2.50. The Morgan fingerprint density at radius 1 is 0.885 bits per heavy atom. The molecule has 1 aromatic heterocycles. The molecule has 0 atom stereocenters. The molecule has 26 heavy (non-hydrogen) atoms. The number of aryl methyl sites for hydroxylation is 1. The largest absolute Gasteiger partial charge is 0.345 e. The van der Waals surface area contributed by atoms with Gasteiger partial charge in [-0.15, -0.1) is 0 Å². The van der Waals surface area contributed by atoms with Crippen LogP contribution < -0.4 is 0 Å². The highest BCUT2D eigenvalue weighted by molar-refractivity contribution is 5.98. The van der Waals surface area contributed by atoms with Crippen LogP contribution in [0.15, 0.2) is 48.8 Å². The van der Waals surface area contributed by atoms with Gasteiger partial charge in [0.15, 0.2) is 0 Å². The van der Waals surface area contributed by atoms with Crippen molar-refractivity contribution in [2.24, 2.45) is 0 Å². The number of carbonyl (C=O) groups is 2. The maximum Gasteiger partial charge on any atom is 0.254 e. The standard InChI is InChI=1S/C20H20N4O2/c1-14-2-4-15(5-3-14)19(25)23-8-10-24(11-9-23)20(26)16-6-7-17-18(12-16)22-13-21-17/h2-7,12-13H,8-11H2,1H3,(H,21,22). The van der Waals surface area contributed by atoms with Gasteiger partial charge in [0.05, 0.1) is 17.4 Å². The van der Waals surface area contributed by atoms with Crippen LogP contribution in [0.3, 0.4) is 0 Å². The fourth-order valence-corrected chi connectivity index (χ4v) is 3.24. The Morgan fingerprint density at radius 2 is 1.46 bits per heavy atom. The number of aromatic nitrogens is 2. The van der Waals surface area contributed by atoms with E-state index in [1.807, 2.05) is 48.2 Å². The first-order valence-electron chi connectivity index (χ1n) is 8.70. The van der Waals surface area contributed by atoms with Crippen molar-refractivity contribution in [3.63, 3.8) is 0 Å². The van der Waals surface area contributed by atoms with Gasteiger partial charge in [-0.25, -0.2) is 4.98 Å². The zero-order chi connectivity index (χ0) is 18.1. The van der Waals surface area contributed by atoms with Gasteiger partial charge in [0, 0.05) is 37.3 Å². The van der Waals surface area contributed by atoms with E-state index in [2.05, 4.69) is 9.97 Å². The third-order valence-corrected chi connectivity index (χ3v) is 4.82. The second-order valence-electron chi connectivity index (χ2n) is 6.58. The fourth-order valence-electron chi connectivity index (χ4n) is 3.24. The first-order chi connectivity index (χ1) is 12.6. The third-order valence-electron chi connectivity index (χ3n) is 4.82. The van der Waals surface area contributed by atoms with Crippen molar-refractivity contribution in [2.45, 2.75) is 6.92 Å². The molecule has 6 nitrogen and oxygen atoms in total. The van der Waals surface area contributed by atoms with Crippen LogP contribution in [0.25, 0.3) is 11.0 Å². The monoisotopic (exact) mass is 348 g/mol. The summed E-state index contributed by atoms with van der Waals surface area (Å²) in [5, 5.41) is 0. The Morgan fingerprint density at radius 3 is 2.12 bits per heavy atom. The quantitative estimate of drug-likeness (QED) is 0.773. The van der Waals surface area contributed by atoms with Crippen LogP contribution in [0.5, 0.6) is 0 Å². The average molecular weight is 348 g/mol. The van der Waals surface area contributed by atoms with Crippen molar-refractivity contribution in [1.29, 1.82) is 0 Å². The number of aromatic amines is 1. The Balaban J connectivity index is 1.41. The predicted octanol–water partition coefficient (Wildman–Crippen LogP) is 2.47. The van der Waals surface area contributed by atoms with E-state index in [-0.39, 0.29) is 11.8 Å². The molecular weight excluding hydrogens is 328 g/mol. The Labute approximate surface area is 151 Å². The van der Waals surface area contributed by atoms with Crippen LogP contribution in [-0.2, 0) is 0 Å². The van der Waals surface area contributed by atoms with Gasteiger partial charge >= 0.3 is 0 Å². The topological polar surface area (TPSA) is 69.3 Å². The van der Waals surface area contributed by atoms with E-state index in [0.717, 1.165) is 16.6 Å². The van der Waals surface area contributed by atoms with Crippen LogP contribution >= 0.6 is 0 Å². The van der Waals surface area contributed by atoms with E-state index in [1.54, 1.807) is 17.3 Å². The van der Waals surface area contributed by atoms with Crippen LogP contribution in [0.2, 0.25) is 0 Å². The van der Waals surface area contributed by atoms with Crippen molar-refractivity contribution in [1.82, 2.24) is 19.8 Å². The molecule has 6 heteroatoms. The van der Waals surface area contributed by atoms with E-state index < -0.39 is 0 Å². The van der Waals surface area contributed by atoms with Crippen LogP contribution in [0.4, 0.5) is 0 Å². The average Bonchev–Trinajstić information content (AvgIpc) is 3.15. The highest BCUT2D eigenvalue weighted by atomic mass is 16.2. The van der Waals surface area contributed by atoms with Gasteiger partial charge in [0.25, 0.3) is 11.8 Å². The summed E-state index contributed by atoms with van der Waals surface area (Å²) in [6.07, 6.45) is 1.62. The fraction of sp³-hybridized carbons (Fsp3) is 0.250. The normalized spacial score (nSPS) is 14.7. The summed E-state index contributed by atoms with van der Waals surface area (Å²) in [6, 6.07) is 13.1. The molecule has 132 valence electrons. The Hall–Kier alpha value is -3.15. The number of nitrogens with zero attached hydrogens (tertiary/aromatic N) is 3. The van der Waals surface area contributed by atoms with Crippen LogP contribution in [0.1, 0.15) is 26.3 Å². The van der Waals surface area contributed by atoms with Gasteiger partial charge < -0.3 is 14.8 Å². The molecular formula is C20H20N4O2. The third kappa shape index (κ3) is 3.06. The molecule has 2 aromatic carbocycles. The van der Waals surface area contributed by atoms with Crippen molar-refractivity contribution in [3.8, 4) is 0 Å². The van der Waals surface area contributed by atoms with E-state index >= 15 is 0 Å². The molecule has 1 aliphatic heterocycles. The zero-order valence-corrected chi connectivity index (χ0v) is 14.6. The molecule has 0 spiro atoms. The lowest BCUT2D eigenvalue weighted by molar-refractivity contribution is 0.0535. The molecule has 1 N–H and O–H groups in total. The molecule has 3 aromatic rings. The summed E-state index contributed by atoms with van der Waals surface area (Å²) in [5.41, 5.74) is 4.16. The van der Waals surface area contributed by atoms with Gasteiger partial charge in [-0.2, -0.15) is 0 Å². The van der Waals surface area contributed by atoms with E-state index in [1.165, 1.54) is 0 Å². The van der Waals surface area contributed by atoms with Gasteiger partial charge in [0.1, 0.15) is 0 Å². The highest BCUT2D eigenvalue weighted by Crippen LogP contribution is 2.16. The lowest BCUT2D eigenvalue weighted by Gasteiger charge is -2.35. The lowest BCUT2D eigenvalue weighted by atomic mass is 10.1. The number of hydrogen-bond acceptors (Lipinski definition) is 3. The van der Waals surface area contributed by atoms with Gasteiger partial charge in [-0.05, 0) is 37.3 Å². The van der Waals surface area contributed by atoms with E-state index in [0.29, 0.717) is 37.3 Å². The molecule has 0 unspecified atom stereocenters. The minimum absolute atomic E-state index is 0.0102. The van der Waals surface area contributed by atoms with Gasteiger partial charge in [-0.1, -0.05) is 17.7 Å². The molecule has 1 aliphatic rings. The number of benzene rings is 2. The predicted molar refractivity (Wildman–Crippen MR) is 99.1 cm³/mol. The maximum atomic E-state index is 12.7. The minimum atomic E-state index is -0.0102. The highest BCUT2D eigenvalue weighted by Gasteiger charge is 2.25. The van der Waals surface area contributed by atoms with Crippen molar-refractivity contribution < 1.29 is 9.59 Å². The molecule has 0 radical (unpaired) electrons. The summed E-state index contributed by atoms with van der Waals surface area (Å²) in [5.74, 6) is 0.0138. The van der Waals surface area contributed by atoms with Gasteiger partial charge in [0.2, 0.25) is 0 Å². The van der Waals surface area contributed by atoms with E-state index in [4.69, 9.17) is 0 Å². The number of rotatable bonds is 2. The zero-order valence-electron chi connectivity index (χ0n) is 14.6. The minimum Gasteiger partial charge on any atom is -0.345 e. The summed E-state index contributed by atoms with van der Waals surface area (Å²) < 4.78 is 0. The molecule has 1 saturated heterocycles. The van der Waals surface area contributed by atoms with E-state index in [9.17, 15) is 9.59 Å². The number of amides is 2. The molecule has 1 fully saturated rings. The smallest absolute Gasteiger partial charge is 0.254 e. The summed E-state index contributed by atoms with van der Waals surface area (Å²) in [6.45, 7) is 4.17. The Bertz CT molecular complexity index is 953. The molecule has 0 bridgehead atoms. The maximum absolute atomic E-state index is 12.7. The summed E-state index contributed by atoms with van der Waals surface area (Å²) in [7, 11) is 0. The first kappa shape index (κ1) is 16.3. The first-order valence-corrected chi connectivity index (χ1v) is 8.70. The number of H-pyrrole nitrogens is 1. The Kier molecular flexibility index (Phi) is 4.16. The number of nitrogens with one attached hydrogen (secondary N) is 1. The number of hydrogen-bond donors (Lipinski definition) is 1. The summed E-state index contributed by atoms with van der Waals surface area (Å²) in [4.78, 5) is 36.1. The van der Waals surface area contributed by atoms with Crippen molar-refractivity contribution >= 4 is 22.8 Å². The molecule has 2 amide bonds. The van der Waals surface area contributed by atoms with Crippen LogP contribution in [0, 0.1) is 6.92 Å². The second kappa shape index (κ2) is 6.63. The number of imidazole rings is 1. The molecule has 4 rings (SSSR count). The molecule has 0 aliphatic carbocycles. The molecule has 2 heterocycles. The van der Waals surface area contributed by atoms with Gasteiger partial charge in [-0.3, -0.25) is 9.59 Å². The number of carbonyl (C=O) groups excluding carboxylic acids is 2. The number of fused-ring (bicyclic) bond motifs is 1. The number of piperazine rings is 1. The summed E-state index contributed by atoms with van der Waals surface area (Å²) >= 11 is 0. The van der Waals surface area contributed by atoms with Crippen LogP contribution in [-0.4, -0.2) is 57.8 Å². The van der Waals surface area contributed by atoms with Crippen molar-refractivity contribution in [2.75, 3.05) is 26.2 Å². The molecule has 0 saturated carbocycles.